The average molecular weight is 250 g/mol. The molecule has 3 rings (SSSR count). The van der Waals surface area contributed by atoms with Crippen molar-refractivity contribution >= 4 is 0 Å². The predicted molar refractivity (Wildman–Crippen MR) is 69.4 cm³/mol. The van der Waals surface area contributed by atoms with Crippen LogP contribution in [0.2, 0.25) is 0 Å². The number of nitrogens with one attached hydrogen (secondary N) is 2. The Morgan fingerprint density at radius 3 is 2.94 bits per heavy atom. The van der Waals surface area contributed by atoms with Crippen molar-refractivity contribution in [3.05, 3.63) is 17.7 Å². The van der Waals surface area contributed by atoms with Gasteiger partial charge in [0, 0.05) is 38.6 Å². The minimum Gasteiger partial charge on any atom is -0.373 e. The molecular weight excluding hydrogens is 228 g/mol. The highest BCUT2D eigenvalue weighted by Crippen LogP contribution is 2.15. The minimum atomic E-state index is 0.346. The van der Waals surface area contributed by atoms with Crippen LogP contribution in [0, 0.1) is 0 Å². The molecular formula is C13H22N4O. The normalized spacial score (nSPS) is 33.3. The van der Waals surface area contributed by atoms with Crippen LogP contribution in [0.3, 0.4) is 0 Å². The highest BCUT2D eigenvalue weighted by atomic mass is 16.5. The summed E-state index contributed by atoms with van der Waals surface area (Å²) in [6, 6.07) is 0.512. The number of morpholine rings is 1. The molecule has 3 atom stereocenters. The Hall–Kier alpha value is -0.910. The number of hydrogen-bond acceptors (Lipinski definition) is 4. The molecule has 0 radical (unpaired) electrons. The zero-order valence-corrected chi connectivity index (χ0v) is 11.1. The molecule has 1 fully saturated rings. The van der Waals surface area contributed by atoms with Gasteiger partial charge in [-0.25, -0.2) is 4.98 Å². The molecule has 2 aliphatic heterocycles. The fourth-order valence-corrected chi connectivity index (χ4v) is 3.10. The van der Waals surface area contributed by atoms with Gasteiger partial charge in [0.15, 0.2) is 0 Å². The molecule has 18 heavy (non-hydrogen) atoms. The molecule has 0 saturated carbocycles. The second kappa shape index (κ2) is 4.99. The Labute approximate surface area is 108 Å². The highest BCUT2D eigenvalue weighted by Gasteiger charge is 2.26. The Kier molecular flexibility index (Phi) is 3.37. The van der Waals surface area contributed by atoms with Crippen LogP contribution in [0.1, 0.15) is 25.2 Å². The molecule has 0 amide bonds. The first-order chi connectivity index (χ1) is 8.70. The van der Waals surface area contributed by atoms with Crippen LogP contribution in [-0.4, -0.2) is 52.8 Å². The zero-order chi connectivity index (χ0) is 12.5. The molecule has 3 unspecified atom stereocenters. The maximum atomic E-state index is 5.77. The van der Waals surface area contributed by atoms with E-state index in [0.717, 1.165) is 32.6 Å². The third-order valence-corrected chi connectivity index (χ3v) is 3.79. The number of aromatic amines is 1. The van der Waals surface area contributed by atoms with Crippen LogP contribution < -0.4 is 5.32 Å². The minimum absolute atomic E-state index is 0.346. The number of fused-ring (bicyclic) bond motifs is 1. The van der Waals surface area contributed by atoms with Crippen LogP contribution in [0.15, 0.2) is 6.33 Å². The van der Waals surface area contributed by atoms with Crippen molar-refractivity contribution in [3.63, 3.8) is 0 Å². The Balaban J connectivity index is 1.57. The second-order valence-corrected chi connectivity index (χ2v) is 5.59. The number of rotatable bonds is 2. The van der Waals surface area contributed by atoms with E-state index in [1.165, 1.54) is 11.4 Å². The fraction of sp³-hybridized carbons (Fsp3) is 0.769. The first-order valence-electron chi connectivity index (χ1n) is 6.83. The molecule has 0 spiro atoms. The lowest BCUT2D eigenvalue weighted by Crippen LogP contribution is -2.51. The van der Waals surface area contributed by atoms with Gasteiger partial charge in [0.2, 0.25) is 0 Å². The Morgan fingerprint density at radius 2 is 2.17 bits per heavy atom. The zero-order valence-electron chi connectivity index (χ0n) is 11.1. The van der Waals surface area contributed by atoms with Crippen LogP contribution >= 0.6 is 0 Å². The summed E-state index contributed by atoms with van der Waals surface area (Å²) in [5, 5.41) is 3.58. The summed E-state index contributed by atoms with van der Waals surface area (Å²) in [6.07, 6.45) is 3.52. The van der Waals surface area contributed by atoms with Crippen LogP contribution in [0.4, 0.5) is 0 Å². The number of nitrogens with zero attached hydrogens (tertiary/aromatic N) is 2. The molecule has 100 valence electrons. The van der Waals surface area contributed by atoms with Gasteiger partial charge in [-0.2, -0.15) is 0 Å². The smallest absolute Gasteiger partial charge is 0.0925 e. The maximum absolute atomic E-state index is 5.77. The Morgan fingerprint density at radius 1 is 1.39 bits per heavy atom. The number of hydrogen-bond donors (Lipinski definition) is 2. The van der Waals surface area contributed by atoms with Gasteiger partial charge < -0.3 is 15.0 Å². The third kappa shape index (κ3) is 2.58. The largest absolute Gasteiger partial charge is 0.373 e. The Bertz CT molecular complexity index is 395. The van der Waals surface area contributed by atoms with E-state index in [-0.39, 0.29) is 0 Å². The quantitative estimate of drug-likeness (QED) is 0.804. The third-order valence-electron chi connectivity index (χ3n) is 3.79. The summed E-state index contributed by atoms with van der Waals surface area (Å²) in [5.41, 5.74) is 2.48. The van der Waals surface area contributed by atoms with E-state index in [2.05, 4.69) is 34.0 Å². The lowest BCUT2D eigenvalue weighted by Gasteiger charge is -2.38. The molecule has 0 aliphatic carbocycles. The van der Waals surface area contributed by atoms with Crippen molar-refractivity contribution in [1.82, 2.24) is 20.2 Å². The van der Waals surface area contributed by atoms with Crippen molar-refractivity contribution in [2.24, 2.45) is 0 Å². The molecule has 5 nitrogen and oxygen atoms in total. The molecule has 5 heteroatoms. The summed E-state index contributed by atoms with van der Waals surface area (Å²) >= 11 is 0. The number of H-pyrrole nitrogens is 1. The van der Waals surface area contributed by atoms with Gasteiger partial charge >= 0.3 is 0 Å². The van der Waals surface area contributed by atoms with E-state index in [1.54, 1.807) is 6.33 Å². The molecule has 2 N–H and O–H groups in total. The fourth-order valence-electron chi connectivity index (χ4n) is 3.10. The van der Waals surface area contributed by atoms with Gasteiger partial charge in [-0.05, 0) is 13.8 Å². The predicted octanol–water partition coefficient (Wildman–Crippen LogP) is 0.533. The lowest BCUT2D eigenvalue weighted by atomic mass is 10.0. The summed E-state index contributed by atoms with van der Waals surface area (Å²) in [6.45, 7) is 8.39. The standard InChI is InChI=1S/C13H22N4O/c1-9-5-17(6-10(2)18-9)7-11-3-12-13(4-14-11)16-8-15-12/h8-11,14H,3-7H2,1-2H3,(H,15,16). The lowest BCUT2D eigenvalue weighted by molar-refractivity contribution is -0.0700. The van der Waals surface area contributed by atoms with Crippen molar-refractivity contribution in [3.8, 4) is 0 Å². The van der Waals surface area contributed by atoms with E-state index in [9.17, 15) is 0 Å². The first-order valence-corrected chi connectivity index (χ1v) is 6.83. The molecule has 1 aromatic rings. The molecule has 1 saturated heterocycles. The SMILES string of the molecule is CC1CN(CC2Cc3nc[nH]c3CN2)CC(C)O1. The van der Waals surface area contributed by atoms with E-state index in [1.807, 2.05) is 0 Å². The molecule has 3 heterocycles. The molecule has 0 bridgehead atoms. The van der Waals surface area contributed by atoms with E-state index in [4.69, 9.17) is 4.74 Å². The topological polar surface area (TPSA) is 53.2 Å². The van der Waals surface area contributed by atoms with Crippen LogP contribution in [-0.2, 0) is 17.7 Å². The molecule has 1 aromatic heterocycles. The van der Waals surface area contributed by atoms with Crippen molar-refractivity contribution in [1.29, 1.82) is 0 Å². The van der Waals surface area contributed by atoms with Crippen molar-refractivity contribution in [2.75, 3.05) is 19.6 Å². The van der Waals surface area contributed by atoms with Gasteiger partial charge in [0.25, 0.3) is 0 Å². The van der Waals surface area contributed by atoms with Gasteiger partial charge in [-0.1, -0.05) is 0 Å². The monoisotopic (exact) mass is 250 g/mol. The van der Waals surface area contributed by atoms with E-state index in [0.29, 0.717) is 18.2 Å². The maximum Gasteiger partial charge on any atom is 0.0925 e. The summed E-state index contributed by atoms with van der Waals surface area (Å²) in [5.74, 6) is 0. The second-order valence-electron chi connectivity index (χ2n) is 5.59. The van der Waals surface area contributed by atoms with E-state index >= 15 is 0 Å². The molecule has 2 aliphatic rings. The van der Waals surface area contributed by atoms with Gasteiger partial charge in [-0.15, -0.1) is 0 Å². The summed E-state index contributed by atoms with van der Waals surface area (Å²) in [4.78, 5) is 10.1. The summed E-state index contributed by atoms with van der Waals surface area (Å²) in [7, 11) is 0. The highest BCUT2D eigenvalue weighted by molar-refractivity contribution is 5.16. The van der Waals surface area contributed by atoms with Crippen molar-refractivity contribution in [2.45, 2.75) is 45.1 Å². The van der Waals surface area contributed by atoms with Crippen LogP contribution in [0.25, 0.3) is 0 Å². The van der Waals surface area contributed by atoms with E-state index < -0.39 is 0 Å². The van der Waals surface area contributed by atoms with Gasteiger partial charge in [0.05, 0.1) is 29.9 Å². The average Bonchev–Trinajstić information content (AvgIpc) is 2.74. The van der Waals surface area contributed by atoms with Gasteiger partial charge in [-0.3, -0.25) is 4.90 Å². The van der Waals surface area contributed by atoms with Crippen LogP contribution in [0.5, 0.6) is 0 Å². The molecule has 0 aromatic carbocycles. The summed E-state index contributed by atoms with van der Waals surface area (Å²) < 4.78 is 5.77. The van der Waals surface area contributed by atoms with Gasteiger partial charge in [0.1, 0.15) is 0 Å². The number of ether oxygens (including phenoxy) is 1. The number of aromatic nitrogens is 2. The number of imidazole rings is 1. The van der Waals surface area contributed by atoms with Crippen molar-refractivity contribution < 1.29 is 4.74 Å². The first kappa shape index (κ1) is 12.1.